The van der Waals surface area contributed by atoms with Gasteiger partial charge in [0.05, 0.1) is 6.42 Å². The van der Waals surface area contributed by atoms with Crippen molar-refractivity contribution in [3.8, 4) is 0 Å². The number of aromatic nitrogens is 1. The zero-order valence-electron chi connectivity index (χ0n) is 10.5. The maximum Gasteiger partial charge on any atom is 0.304 e. The van der Waals surface area contributed by atoms with Crippen LogP contribution in [0.25, 0.3) is 10.9 Å². The van der Waals surface area contributed by atoms with Gasteiger partial charge in [-0.05, 0) is 24.6 Å². The third kappa shape index (κ3) is 2.90. The number of carboxylic acids is 1. The van der Waals surface area contributed by atoms with E-state index in [4.69, 9.17) is 5.11 Å². The van der Waals surface area contributed by atoms with E-state index in [1.165, 1.54) is 16.5 Å². The molecule has 2 N–H and O–H groups in total. The highest BCUT2D eigenvalue weighted by molar-refractivity contribution is 5.83. The van der Waals surface area contributed by atoms with E-state index >= 15 is 0 Å². The van der Waals surface area contributed by atoms with Crippen molar-refractivity contribution in [3.63, 3.8) is 0 Å². The molecule has 4 nitrogen and oxygen atoms in total. The number of hydrogen-bond acceptors (Lipinski definition) is 2. The summed E-state index contributed by atoms with van der Waals surface area (Å²) in [5.41, 5.74) is 2.54. The lowest BCUT2D eigenvalue weighted by Gasteiger charge is -2.02. The Balaban J connectivity index is 1.94. The Morgan fingerprint density at radius 2 is 2.11 bits per heavy atom. The Bertz CT molecular complexity index is 546. The Morgan fingerprint density at radius 3 is 2.89 bits per heavy atom. The summed E-state index contributed by atoms with van der Waals surface area (Å²) in [4.78, 5) is 10.4. The van der Waals surface area contributed by atoms with E-state index in [1.54, 1.807) is 0 Å². The standard InChI is InChI=1S/C14H18N2O2/c1-16-10-11(6-8-15-9-7-14(17)18)12-4-2-3-5-13(12)16/h2-5,10,15H,6-9H2,1H3,(H,17,18). The smallest absolute Gasteiger partial charge is 0.304 e. The molecule has 0 aliphatic rings. The van der Waals surface area contributed by atoms with Crippen LogP contribution < -0.4 is 5.32 Å². The third-order valence-corrected chi connectivity index (χ3v) is 3.07. The van der Waals surface area contributed by atoms with Gasteiger partial charge in [-0.15, -0.1) is 0 Å². The SMILES string of the molecule is Cn1cc(CCNCCC(=O)O)c2ccccc21. The van der Waals surface area contributed by atoms with Crippen LogP contribution in [0.3, 0.4) is 0 Å². The molecule has 0 radical (unpaired) electrons. The summed E-state index contributed by atoms with van der Waals surface area (Å²) < 4.78 is 2.13. The molecular formula is C14H18N2O2. The van der Waals surface area contributed by atoms with E-state index in [2.05, 4.69) is 28.2 Å². The summed E-state index contributed by atoms with van der Waals surface area (Å²) in [6.07, 6.45) is 3.24. The summed E-state index contributed by atoms with van der Waals surface area (Å²) in [6.45, 7) is 1.33. The molecule has 1 aromatic carbocycles. The highest BCUT2D eigenvalue weighted by Crippen LogP contribution is 2.20. The Kier molecular flexibility index (Phi) is 3.99. The first kappa shape index (κ1) is 12.6. The van der Waals surface area contributed by atoms with Gasteiger partial charge in [0, 0.05) is 30.7 Å². The highest BCUT2D eigenvalue weighted by atomic mass is 16.4. The molecule has 0 fully saturated rings. The second-order valence-electron chi connectivity index (χ2n) is 4.43. The maximum absolute atomic E-state index is 10.4. The molecular weight excluding hydrogens is 228 g/mol. The van der Waals surface area contributed by atoms with Crippen LogP contribution in [0.15, 0.2) is 30.5 Å². The molecule has 0 aliphatic carbocycles. The molecule has 0 unspecified atom stereocenters. The summed E-state index contributed by atoms with van der Waals surface area (Å²) in [5.74, 6) is -0.757. The molecule has 18 heavy (non-hydrogen) atoms. The third-order valence-electron chi connectivity index (χ3n) is 3.07. The number of para-hydroxylation sites is 1. The fraction of sp³-hybridized carbons (Fsp3) is 0.357. The Labute approximate surface area is 106 Å². The normalized spacial score (nSPS) is 10.9. The quantitative estimate of drug-likeness (QED) is 0.764. The van der Waals surface area contributed by atoms with Crippen molar-refractivity contribution in [1.82, 2.24) is 9.88 Å². The first-order chi connectivity index (χ1) is 8.68. The van der Waals surface area contributed by atoms with Crippen molar-refractivity contribution < 1.29 is 9.90 Å². The maximum atomic E-state index is 10.4. The topological polar surface area (TPSA) is 54.3 Å². The van der Waals surface area contributed by atoms with Crippen LogP contribution in [0.1, 0.15) is 12.0 Å². The molecule has 0 saturated heterocycles. The number of nitrogens with zero attached hydrogens (tertiary/aromatic N) is 1. The molecule has 0 bridgehead atoms. The summed E-state index contributed by atoms with van der Waals surface area (Å²) >= 11 is 0. The Morgan fingerprint density at radius 1 is 1.33 bits per heavy atom. The van der Waals surface area contributed by atoms with E-state index in [0.717, 1.165) is 13.0 Å². The number of aryl methyl sites for hydroxylation is 1. The van der Waals surface area contributed by atoms with Crippen molar-refractivity contribution in [2.45, 2.75) is 12.8 Å². The fourth-order valence-corrected chi connectivity index (χ4v) is 2.17. The minimum Gasteiger partial charge on any atom is -0.481 e. The molecule has 1 aromatic heterocycles. The lowest BCUT2D eigenvalue weighted by atomic mass is 10.1. The van der Waals surface area contributed by atoms with Gasteiger partial charge < -0.3 is 15.0 Å². The van der Waals surface area contributed by atoms with Crippen LogP contribution in [-0.4, -0.2) is 28.7 Å². The van der Waals surface area contributed by atoms with Crippen molar-refractivity contribution in [3.05, 3.63) is 36.0 Å². The van der Waals surface area contributed by atoms with Gasteiger partial charge in [0.25, 0.3) is 0 Å². The number of nitrogens with one attached hydrogen (secondary N) is 1. The Hall–Kier alpha value is -1.81. The molecule has 0 aliphatic heterocycles. The van der Waals surface area contributed by atoms with E-state index in [9.17, 15) is 4.79 Å². The van der Waals surface area contributed by atoms with E-state index in [-0.39, 0.29) is 6.42 Å². The number of carbonyl (C=O) groups is 1. The van der Waals surface area contributed by atoms with Crippen LogP contribution >= 0.6 is 0 Å². The molecule has 0 atom stereocenters. The monoisotopic (exact) mass is 246 g/mol. The largest absolute Gasteiger partial charge is 0.481 e. The minimum atomic E-state index is -0.757. The zero-order valence-corrected chi connectivity index (χ0v) is 10.5. The zero-order chi connectivity index (χ0) is 13.0. The van der Waals surface area contributed by atoms with Gasteiger partial charge >= 0.3 is 5.97 Å². The summed E-state index contributed by atoms with van der Waals surface area (Å²) in [5, 5.41) is 13.0. The summed E-state index contributed by atoms with van der Waals surface area (Å²) in [6, 6.07) is 8.32. The number of benzene rings is 1. The van der Waals surface area contributed by atoms with Crippen molar-refractivity contribution >= 4 is 16.9 Å². The van der Waals surface area contributed by atoms with E-state index in [1.807, 2.05) is 19.2 Å². The number of carboxylic acid groups (broad SMARTS) is 1. The van der Waals surface area contributed by atoms with Gasteiger partial charge in [-0.25, -0.2) is 0 Å². The van der Waals surface area contributed by atoms with Crippen molar-refractivity contribution in [1.29, 1.82) is 0 Å². The van der Waals surface area contributed by atoms with Crippen LogP contribution in [-0.2, 0) is 18.3 Å². The first-order valence-corrected chi connectivity index (χ1v) is 6.14. The van der Waals surface area contributed by atoms with E-state index < -0.39 is 5.97 Å². The van der Waals surface area contributed by atoms with Gasteiger partial charge in [0.1, 0.15) is 0 Å². The van der Waals surface area contributed by atoms with Gasteiger partial charge in [-0.3, -0.25) is 4.79 Å². The molecule has 1 heterocycles. The van der Waals surface area contributed by atoms with Gasteiger partial charge in [-0.1, -0.05) is 18.2 Å². The molecule has 4 heteroatoms. The fourth-order valence-electron chi connectivity index (χ4n) is 2.17. The summed E-state index contributed by atoms with van der Waals surface area (Å²) in [7, 11) is 2.05. The van der Waals surface area contributed by atoms with E-state index in [0.29, 0.717) is 6.54 Å². The number of hydrogen-bond donors (Lipinski definition) is 2. The van der Waals surface area contributed by atoms with Crippen LogP contribution in [0, 0.1) is 0 Å². The van der Waals surface area contributed by atoms with Crippen molar-refractivity contribution in [2.75, 3.05) is 13.1 Å². The first-order valence-electron chi connectivity index (χ1n) is 6.14. The molecule has 96 valence electrons. The number of fused-ring (bicyclic) bond motifs is 1. The minimum absolute atomic E-state index is 0.176. The van der Waals surface area contributed by atoms with Gasteiger partial charge in [0.15, 0.2) is 0 Å². The van der Waals surface area contributed by atoms with Crippen LogP contribution in [0.5, 0.6) is 0 Å². The average Bonchev–Trinajstić information content (AvgIpc) is 2.66. The molecule has 2 aromatic rings. The molecule has 0 amide bonds. The second kappa shape index (κ2) is 5.69. The number of aliphatic carboxylic acids is 1. The molecule has 0 saturated carbocycles. The number of rotatable bonds is 6. The van der Waals surface area contributed by atoms with Crippen LogP contribution in [0.2, 0.25) is 0 Å². The van der Waals surface area contributed by atoms with Crippen LogP contribution in [0.4, 0.5) is 0 Å². The highest BCUT2D eigenvalue weighted by Gasteiger charge is 2.05. The molecule has 2 rings (SSSR count). The predicted octanol–water partition coefficient (Wildman–Crippen LogP) is 1.79. The lowest BCUT2D eigenvalue weighted by molar-refractivity contribution is -0.136. The van der Waals surface area contributed by atoms with Crippen molar-refractivity contribution in [2.24, 2.45) is 7.05 Å². The lowest BCUT2D eigenvalue weighted by Crippen LogP contribution is -2.20. The van der Waals surface area contributed by atoms with Gasteiger partial charge in [0.2, 0.25) is 0 Å². The predicted molar refractivity (Wildman–Crippen MR) is 71.7 cm³/mol. The average molecular weight is 246 g/mol. The van der Waals surface area contributed by atoms with Gasteiger partial charge in [-0.2, -0.15) is 0 Å². The second-order valence-corrected chi connectivity index (χ2v) is 4.43. The molecule has 0 spiro atoms.